The molecule has 0 saturated carbocycles. The molecule has 2 heterocycles. The van der Waals surface area contributed by atoms with E-state index in [1.807, 2.05) is 48.2 Å². The topological polar surface area (TPSA) is 70.1 Å². The van der Waals surface area contributed by atoms with E-state index in [-0.39, 0.29) is 11.2 Å². The van der Waals surface area contributed by atoms with E-state index in [0.29, 0.717) is 23.4 Å². The number of carbonyl (C=O) groups excluding carboxylic acids is 1. The summed E-state index contributed by atoms with van der Waals surface area (Å²) in [5.74, 6) is 0.106. The van der Waals surface area contributed by atoms with Gasteiger partial charge < -0.3 is 5.73 Å². The number of hydrogen-bond acceptors (Lipinski definition) is 5. The van der Waals surface area contributed by atoms with Crippen LogP contribution in [-0.4, -0.2) is 5.78 Å². The Balaban J connectivity index is 1.99. The molecule has 2 aliphatic rings. The average Bonchev–Trinajstić information content (AvgIpc) is 3.07. The lowest BCUT2D eigenvalue weighted by Gasteiger charge is -2.43. The zero-order chi connectivity index (χ0) is 20.9. The molecule has 2 aromatic rings. The average molecular weight is 468 g/mol. The van der Waals surface area contributed by atoms with Crippen molar-refractivity contribution in [1.29, 1.82) is 5.26 Å². The number of anilines is 1. The Hall–Kier alpha value is -2.36. The molecule has 4 rings (SSSR count). The summed E-state index contributed by atoms with van der Waals surface area (Å²) in [6, 6.07) is 14.3. The van der Waals surface area contributed by atoms with Gasteiger partial charge in [0.1, 0.15) is 5.82 Å². The molecular formula is C23H22BrN3OS. The molecule has 0 amide bonds. The third kappa shape index (κ3) is 3.43. The maximum atomic E-state index is 13.4. The zero-order valence-corrected chi connectivity index (χ0v) is 19.0. The Morgan fingerprint density at radius 2 is 1.90 bits per heavy atom. The molecule has 0 saturated heterocycles. The molecule has 4 nitrogen and oxygen atoms in total. The first kappa shape index (κ1) is 19.9. The molecule has 29 heavy (non-hydrogen) atoms. The first-order chi connectivity index (χ1) is 13.7. The van der Waals surface area contributed by atoms with Gasteiger partial charge in [0.05, 0.1) is 21.3 Å². The number of nitriles is 1. The van der Waals surface area contributed by atoms with Crippen LogP contribution in [0.15, 0.2) is 62.8 Å². The van der Waals surface area contributed by atoms with Crippen LogP contribution >= 0.6 is 27.3 Å². The van der Waals surface area contributed by atoms with Gasteiger partial charge in [-0.2, -0.15) is 5.26 Å². The van der Waals surface area contributed by atoms with Crippen molar-refractivity contribution >= 4 is 38.7 Å². The van der Waals surface area contributed by atoms with Gasteiger partial charge in [-0.1, -0.05) is 31.5 Å². The van der Waals surface area contributed by atoms with Gasteiger partial charge in [-0.05, 0) is 59.0 Å². The summed E-state index contributed by atoms with van der Waals surface area (Å²) >= 11 is 5.05. The molecule has 1 aromatic carbocycles. The van der Waals surface area contributed by atoms with Gasteiger partial charge >= 0.3 is 0 Å². The fourth-order valence-corrected chi connectivity index (χ4v) is 5.81. The van der Waals surface area contributed by atoms with Gasteiger partial charge in [0.25, 0.3) is 0 Å². The van der Waals surface area contributed by atoms with Crippen LogP contribution in [0.3, 0.4) is 0 Å². The maximum absolute atomic E-state index is 13.4. The zero-order valence-electron chi connectivity index (χ0n) is 16.6. The van der Waals surface area contributed by atoms with Crippen molar-refractivity contribution in [2.45, 2.75) is 39.5 Å². The minimum Gasteiger partial charge on any atom is -0.384 e. The van der Waals surface area contributed by atoms with Crippen LogP contribution < -0.4 is 10.6 Å². The second-order valence-corrected chi connectivity index (χ2v) is 11.0. The highest BCUT2D eigenvalue weighted by atomic mass is 79.9. The summed E-state index contributed by atoms with van der Waals surface area (Å²) in [6.45, 7) is 6.25. The number of halogens is 1. The summed E-state index contributed by atoms with van der Waals surface area (Å²) < 4.78 is 0.968. The number of rotatable bonds is 2. The largest absolute Gasteiger partial charge is 0.384 e. The molecular weight excluding hydrogens is 446 g/mol. The van der Waals surface area contributed by atoms with Crippen molar-refractivity contribution in [3.63, 3.8) is 0 Å². The minimum atomic E-state index is -0.406. The number of Topliss-reactive ketones (excluding diaryl/α,β-unsaturated/α-hetero) is 1. The number of nitrogens with two attached hydrogens (primary N) is 1. The maximum Gasteiger partial charge on any atom is 0.162 e. The van der Waals surface area contributed by atoms with Gasteiger partial charge in [-0.3, -0.25) is 9.69 Å². The summed E-state index contributed by atoms with van der Waals surface area (Å²) in [7, 11) is 0. The molecule has 1 atom stereocenters. The second kappa shape index (κ2) is 7.16. The van der Waals surface area contributed by atoms with Crippen molar-refractivity contribution in [3.05, 3.63) is 73.3 Å². The van der Waals surface area contributed by atoms with Crippen LogP contribution in [-0.2, 0) is 4.79 Å². The molecule has 2 N–H and O–H groups in total. The number of carbonyl (C=O) groups is 1. The van der Waals surface area contributed by atoms with Crippen molar-refractivity contribution in [2.24, 2.45) is 11.1 Å². The van der Waals surface area contributed by atoms with Crippen molar-refractivity contribution in [2.75, 3.05) is 4.90 Å². The van der Waals surface area contributed by atoms with E-state index in [1.54, 1.807) is 11.3 Å². The monoisotopic (exact) mass is 467 g/mol. The molecule has 0 spiro atoms. The van der Waals surface area contributed by atoms with E-state index in [2.05, 4.69) is 35.8 Å². The standard InChI is InChI=1S/C23H22BrN3OS/c1-13-4-6-14(7-5-13)27-16-10-23(2,3)11-17(28)21(16)20(15(12-25)22(27)26)18-8-9-19(24)29-18/h4-9,20H,10-11,26H2,1-3H3/t20-/m1/s1. The number of nitrogens with zero attached hydrogens (tertiary/aromatic N) is 2. The predicted octanol–water partition coefficient (Wildman–Crippen LogP) is 5.76. The summed E-state index contributed by atoms with van der Waals surface area (Å²) in [5.41, 5.74) is 10.5. The minimum absolute atomic E-state index is 0.100. The SMILES string of the molecule is Cc1ccc(N2C(N)=C(C#N)[C@H](c3ccc(Br)s3)C3=C2CC(C)(C)CC3=O)cc1. The molecule has 0 radical (unpaired) electrons. The molecule has 0 fully saturated rings. The van der Waals surface area contributed by atoms with Crippen LogP contribution in [0.1, 0.15) is 43.0 Å². The second-order valence-electron chi connectivity index (χ2n) is 8.46. The molecule has 1 aliphatic carbocycles. The summed E-state index contributed by atoms with van der Waals surface area (Å²) in [5, 5.41) is 10.0. The summed E-state index contributed by atoms with van der Waals surface area (Å²) in [4.78, 5) is 16.3. The number of benzene rings is 1. The lowest BCUT2D eigenvalue weighted by molar-refractivity contribution is -0.118. The van der Waals surface area contributed by atoms with Crippen LogP contribution in [0, 0.1) is 23.7 Å². The summed E-state index contributed by atoms with van der Waals surface area (Å²) in [6.07, 6.45) is 1.19. The van der Waals surface area contributed by atoms with Crippen LogP contribution in [0.2, 0.25) is 0 Å². The normalized spacial score (nSPS) is 21.3. The van der Waals surface area contributed by atoms with E-state index >= 15 is 0 Å². The molecule has 0 bridgehead atoms. The predicted molar refractivity (Wildman–Crippen MR) is 120 cm³/mol. The Labute approximate surface area is 183 Å². The third-order valence-electron chi connectivity index (χ3n) is 5.55. The lowest BCUT2D eigenvalue weighted by Crippen LogP contribution is -2.42. The van der Waals surface area contributed by atoms with E-state index in [1.165, 1.54) is 0 Å². The van der Waals surface area contributed by atoms with E-state index in [4.69, 9.17) is 5.73 Å². The van der Waals surface area contributed by atoms with Crippen molar-refractivity contribution in [3.8, 4) is 6.07 Å². The molecule has 1 aliphatic heterocycles. The fourth-order valence-electron chi connectivity index (χ4n) is 4.27. The third-order valence-corrected chi connectivity index (χ3v) is 7.24. The molecule has 148 valence electrons. The number of hydrogen-bond donors (Lipinski definition) is 1. The van der Waals surface area contributed by atoms with Gasteiger partial charge in [0, 0.05) is 28.3 Å². The number of allylic oxidation sites excluding steroid dienone is 3. The van der Waals surface area contributed by atoms with Crippen LogP contribution in [0.4, 0.5) is 5.69 Å². The van der Waals surface area contributed by atoms with E-state index < -0.39 is 5.92 Å². The number of thiophene rings is 1. The van der Waals surface area contributed by atoms with Crippen molar-refractivity contribution < 1.29 is 4.79 Å². The smallest absolute Gasteiger partial charge is 0.162 e. The van der Waals surface area contributed by atoms with E-state index in [9.17, 15) is 10.1 Å². The Morgan fingerprint density at radius 1 is 1.21 bits per heavy atom. The lowest BCUT2D eigenvalue weighted by atomic mass is 9.69. The van der Waals surface area contributed by atoms with Gasteiger partial charge in [0.15, 0.2) is 5.78 Å². The highest BCUT2D eigenvalue weighted by Gasteiger charge is 2.45. The fraction of sp³-hybridized carbons (Fsp3) is 0.304. The van der Waals surface area contributed by atoms with Crippen molar-refractivity contribution in [1.82, 2.24) is 0 Å². The van der Waals surface area contributed by atoms with Gasteiger partial charge in [-0.15, -0.1) is 11.3 Å². The highest BCUT2D eigenvalue weighted by Crippen LogP contribution is 2.51. The van der Waals surface area contributed by atoms with Crippen LogP contribution in [0.25, 0.3) is 0 Å². The Bertz CT molecular complexity index is 1100. The number of aryl methyl sites for hydroxylation is 1. The van der Waals surface area contributed by atoms with Gasteiger partial charge in [0.2, 0.25) is 0 Å². The first-order valence-electron chi connectivity index (χ1n) is 9.50. The molecule has 6 heteroatoms. The quantitative estimate of drug-likeness (QED) is 0.609. The van der Waals surface area contributed by atoms with Gasteiger partial charge in [-0.25, -0.2) is 0 Å². The molecule has 1 aromatic heterocycles. The number of ketones is 1. The molecule has 0 unspecified atom stereocenters. The van der Waals surface area contributed by atoms with E-state index in [0.717, 1.165) is 32.0 Å². The highest BCUT2D eigenvalue weighted by molar-refractivity contribution is 9.11. The Morgan fingerprint density at radius 3 is 2.48 bits per heavy atom. The Kier molecular flexibility index (Phi) is 4.92. The first-order valence-corrected chi connectivity index (χ1v) is 11.1. The van der Waals surface area contributed by atoms with Crippen LogP contribution in [0.5, 0.6) is 0 Å².